The smallest absolute Gasteiger partial charge is 0.274 e. The number of carbonyl (C=O) groups excluding carboxylic acids is 1. The number of rotatable bonds is 3. The summed E-state index contributed by atoms with van der Waals surface area (Å²) in [6.07, 6.45) is 9.51. The van der Waals surface area contributed by atoms with Gasteiger partial charge in [0.05, 0.1) is 0 Å². The lowest BCUT2D eigenvalue weighted by atomic mass is 9.64. The van der Waals surface area contributed by atoms with Gasteiger partial charge >= 0.3 is 0 Å². The monoisotopic (exact) mass is 428 g/mol. The molecule has 0 radical (unpaired) electrons. The third-order valence-electron chi connectivity index (χ3n) is 8.70. The van der Waals surface area contributed by atoms with E-state index in [1.165, 1.54) is 18.4 Å². The first-order chi connectivity index (χ1) is 15.5. The van der Waals surface area contributed by atoms with Crippen LogP contribution >= 0.6 is 0 Å². The molecule has 2 saturated heterocycles. The van der Waals surface area contributed by atoms with Gasteiger partial charge in [-0.3, -0.25) is 9.69 Å². The summed E-state index contributed by atoms with van der Waals surface area (Å²) < 4.78 is 1.99. The van der Waals surface area contributed by atoms with E-state index >= 15 is 0 Å². The van der Waals surface area contributed by atoms with Crippen molar-refractivity contribution in [2.75, 3.05) is 7.05 Å². The van der Waals surface area contributed by atoms with E-state index in [1.807, 2.05) is 22.9 Å². The number of likely N-dealkylation sites (N-methyl/N-ethyl adjacent to an activating group) is 1. The van der Waals surface area contributed by atoms with Crippen LogP contribution in [0.2, 0.25) is 0 Å². The van der Waals surface area contributed by atoms with E-state index in [-0.39, 0.29) is 17.4 Å². The number of fused-ring (bicyclic) bond motifs is 2. The molecule has 1 saturated carbocycles. The van der Waals surface area contributed by atoms with Crippen molar-refractivity contribution >= 4 is 11.6 Å². The SMILES string of the molecule is Cc1cccn2cc(C(=O)N3[C@H]4CCC[C@H]5N(C)[C@H](Cc6ccccc6)[C@@H]3C[C@@]45C)nc12. The van der Waals surface area contributed by atoms with Gasteiger partial charge in [0.15, 0.2) is 0 Å². The second kappa shape index (κ2) is 7.17. The molecule has 5 nitrogen and oxygen atoms in total. The van der Waals surface area contributed by atoms with Crippen molar-refractivity contribution in [3.05, 3.63) is 71.7 Å². The first-order valence-corrected chi connectivity index (χ1v) is 12.0. The van der Waals surface area contributed by atoms with Crippen molar-refractivity contribution in [1.29, 1.82) is 0 Å². The summed E-state index contributed by atoms with van der Waals surface area (Å²) in [7, 11) is 2.30. The number of nitrogens with zero attached hydrogens (tertiary/aromatic N) is 4. The molecule has 166 valence electrons. The normalized spacial score (nSPS) is 31.9. The minimum Gasteiger partial charge on any atom is -0.329 e. The number of hydrogen-bond donors (Lipinski definition) is 0. The van der Waals surface area contributed by atoms with Crippen LogP contribution in [0.3, 0.4) is 0 Å². The molecule has 3 aromatic rings. The number of likely N-dealkylation sites (tertiary alicyclic amines) is 2. The molecule has 6 rings (SSSR count). The summed E-state index contributed by atoms with van der Waals surface area (Å²) in [5.74, 6) is 0.112. The lowest BCUT2D eigenvalue weighted by molar-refractivity contribution is -0.00397. The first kappa shape index (κ1) is 20.0. The fraction of sp³-hybridized carbons (Fsp3) is 0.481. The van der Waals surface area contributed by atoms with Gasteiger partial charge in [0.25, 0.3) is 5.91 Å². The predicted molar refractivity (Wildman–Crippen MR) is 126 cm³/mol. The molecule has 1 aromatic carbocycles. The maximum Gasteiger partial charge on any atom is 0.274 e. The molecule has 1 amide bonds. The molecular formula is C27H32N4O. The van der Waals surface area contributed by atoms with Crippen LogP contribution in [0.15, 0.2) is 54.9 Å². The van der Waals surface area contributed by atoms with Gasteiger partial charge in [0, 0.05) is 42.0 Å². The van der Waals surface area contributed by atoms with Crippen LogP contribution in [-0.2, 0) is 6.42 Å². The summed E-state index contributed by atoms with van der Waals surface area (Å²) in [4.78, 5) is 23.7. The van der Waals surface area contributed by atoms with E-state index in [0.29, 0.717) is 23.8 Å². The molecule has 3 aliphatic rings. The number of aromatic nitrogens is 2. The lowest BCUT2D eigenvalue weighted by Crippen LogP contribution is -2.59. The Kier molecular flexibility index (Phi) is 4.48. The van der Waals surface area contributed by atoms with E-state index < -0.39 is 0 Å². The summed E-state index contributed by atoms with van der Waals surface area (Å²) >= 11 is 0. The average molecular weight is 429 g/mol. The molecule has 0 N–H and O–H groups in total. The van der Waals surface area contributed by atoms with Crippen LogP contribution in [0.5, 0.6) is 0 Å². The molecule has 2 aliphatic heterocycles. The van der Waals surface area contributed by atoms with Crippen LogP contribution in [0.4, 0.5) is 0 Å². The van der Waals surface area contributed by atoms with Crippen LogP contribution in [0, 0.1) is 12.3 Å². The second-order valence-electron chi connectivity index (χ2n) is 10.4. The van der Waals surface area contributed by atoms with Crippen LogP contribution in [-0.4, -0.2) is 56.3 Å². The highest BCUT2D eigenvalue weighted by molar-refractivity contribution is 5.94. The molecular weight excluding hydrogens is 396 g/mol. The molecule has 5 atom stereocenters. The maximum atomic E-state index is 14.0. The topological polar surface area (TPSA) is 40.9 Å². The summed E-state index contributed by atoms with van der Waals surface area (Å²) in [5.41, 5.74) is 4.07. The molecule has 3 fully saturated rings. The number of amides is 1. The molecule has 0 unspecified atom stereocenters. The van der Waals surface area contributed by atoms with Crippen molar-refractivity contribution in [3.63, 3.8) is 0 Å². The van der Waals surface area contributed by atoms with Gasteiger partial charge in [0.2, 0.25) is 0 Å². The van der Waals surface area contributed by atoms with Crippen LogP contribution < -0.4 is 0 Å². The van der Waals surface area contributed by atoms with Gasteiger partial charge in [-0.1, -0.05) is 43.3 Å². The van der Waals surface area contributed by atoms with Crippen molar-refractivity contribution in [2.45, 2.75) is 70.1 Å². The zero-order valence-corrected chi connectivity index (χ0v) is 19.2. The summed E-state index contributed by atoms with van der Waals surface area (Å²) in [6.45, 7) is 4.49. The minimum absolute atomic E-state index is 0.112. The van der Waals surface area contributed by atoms with Crippen molar-refractivity contribution in [2.24, 2.45) is 5.41 Å². The van der Waals surface area contributed by atoms with E-state index in [2.05, 4.69) is 67.1 Å². The molecule has 32 heavy (non-hydrogen) atoms. The van der Waals surface area contributed by atoms with Crippen LogP contribution in [0.25, 0.3) is 5.65 Å². The molecule has 4 heterocycles. The Labute approximate surface area is 190 Å². The Bertz CT molecular complexity index is 1170. The zero-order valence-electron chi connectivity index (χ0n) is 19.2. The predicted octanol–water partition coefficient (Wildman–Crippen LogP) is 4.34. The Hall–Kier alpha value is -2.66. The Balaban J connectivity index is 1.41. The molecule has 1 aliphatic carbocycles. The van der Waals surface area contributed by atoms with Gasteiger partial charge in [-0.05, 0) is 63.3 Å². The molecule has 2 bridgehead atoms. The number of pyridine rings is 1. The lowest BCUT2D eigenvalue weighted by Gasteiger charge is -2.51. The van der Waals surface area contributed by atoms with E-state index in [0.717, 1.165) is 30.5 Å². The Morgan fingerprint density at radius 1 is 1.12 bits per heavy atom. The quantitative estimate of drug-likeness (QED) is 0.623. The van der Waals surface area contributed by atoms with Crippen molar-refractivity contribution < 1.29 is 4.79 Å². The zero-order chi connectivity index (χ0) is 22.0. The number of imidazole rings is 1. The largest absolute Gasteiger partial charge is 0.329 e. The average Bonchev–Trinajstić information content (AvgIpc) is 3.36. The third kappa shape index (κ3) is 2.80. The highest BCUT2D eigenvalue weighted by atomic mass is 16.2. The Morgan fingerprint density at radius 2 is 1.91 bits per heavy atom. The number of aryl methyl sites for hydroxylation is 1. The van der Waals surface area contributed by atoms with Gasteiger partial charge in [-0.2, -0.15) is 0 Å². The highest BCUT2D eigenvalue weighted by Gasteiger charge is 2.63. The van der Waals surface area contributed by atoms with Gasteiger partial charge in [0.1, 0.15) is 11.3 Å². The standard InChI is InChI=1S/C27H32N4O/c1-18-9-8-14-30-17-20(28-25(18)30)26(32)31-22-16-27(2)23(12-7-13-24(27)31)29(3)21(22)15-19-10-5-4-6-11-19/h4-6,8-11,14,17,21-24H,7,12-13,15-16H2,1-3H3/t21-,22+,23-,24+,27-/m1/s1. The summed E-state index contributed by atoms with van der Waals surface area (Å²) in [5, 5.41) is 0. The third-order valence-corrected chi connectivity index (χ3v) is 8.70. The van der Waals surface area contributed by atoms with E-state index in [4.69, 9.17) is 4.98 Å². The minimum atomic E-state index is 0.112. The maximum absolute atomic E-state index is 14.0. The van der Waals surface area contributed by atoms with Gasteiger partial charge < -0.3 is 9.30 Å². The number of carbonyl (C=O) groups is 1. The van der Waals surface area contributed by atoms with E-state index in [1.54, 1.807) is 0 Å². The second-order valence-corrected chi connectivity index (χ2v) is 10.4. The van der Waals surface area contributed by atoms with Crippen molar-refractivity contribution in [3.8, 4) is 0 Å². The Morgan fingerprint density at radius 3 is 2.69 bits per heavy atom. The van der Waals surface area contributed by atoms with E-state index in [9.17, 15) is 4.79 Å². The first-order valence-electron chi connectivity index (χ1n) is 12.0. The van der Waals surface area contributed by atoms with Crippen molar-refractivity contribution in [1.82, 2.24) is 19.2 Å². The molecule has 2 aromatic heterocycles. The highest BCUT2D eigenvalue weighted by Crippen LogP contribution is 2.56. The van der Waals surface area contributed by atoms with Gasteiger partial charge in [-0.15, -0.1) is 0 Å². The van der Waals surface area contributed by atoms with Crippen LogP contribution in [0.1, 0.15) is 54.2 Å². The number of hydrogen-bond acceptors (Lipinski definition) is 3. The molecule has 5 heteroatoms. The number of benzene rings is 1. The summed E-state index contributed by atoms with van der Waals surface area (Å²) in [6, 6.07) is 16.2. The molecule has 0 spiro atoms. The fourth-order valence-electron chi connectivity index (χ4n) is 7.20. The van der Waals surface area contributed by atoms with Gasteiger partial charge in [-0.25, -0.2) is 4.98 Å². The number of piperidine rings is 1. The fourth-order valence-corrected chi connectivity index (χ4v) is 7.20.